The van der Waals surface area contributed by atoms with Crippen LogP contribution < -0.4 is 10.9 Å². The molecule has 0 radical (unpaired) electrons. The van der Waals surface area contributed by atoms with Gasteiger partial charge in [0, 0.05) is 0 Å². The second kappa shape index (κ2) is 6.44. The van der Waals surface area contributed by atoms with Crippen LogP contribution in [0.5, 0.6) is 0 Å². The molecule has 0 atom stereocenters. The molecule has 0 aliphatic heterocycles. The summed E-state index contributed by atoms with van der Waals surface area (Å²) in [5, 5.41) is 11.7. The minimum Gasteiger partial charge on any atom is -0.477 e. The van der Waals surface area contributed by atoms with Gasteiger partial charge in [-0.15, -0.1) is 11.3 Å². The van der Waals surface area contributed by atoms with Gasteiger partial charge in [-0.3, -0.25) is 14.2 Å². The highest BCUT2D eigenvalue weighted by atomic mass is 32.1. The molecule has 0 aliphatic carbocycles. The molecule has 2 heterocycles. The number of amides is 1. The number of carboxylic acid groups (broad SMARTS) is 1. The zero-order valence-electron chi connectivity index (χ0n) is 12.9. The van der Waals surface area contributed by atoms with Crippen LogP contribution in [0.2, 0.25) is 0 Å². The van der Waals surface area contributed by atoms with E-state index in [4.69, 9.17) is 5.11 Å². The zero-order valence-corrected chi connectivity index (χ0v) is 13.8. The van der Waals surface area contributed by atoms with E-state index >= 15 is 0 Å². The number of aromatic carboxylic acids is 1. The lowest BCUT2D eigenvalue weighted by Crippen LogP contribution is -2.28. The van der Waals surface area contributed by atoms with Crippen molar-refractivity contribution in [3.63, 3.8) is 0 Å². The minimum absolute atomic E-state index is 0.00876. The van der Waals surface area contributed by atoms with Crippen molar-refractivity contribution in [3.8, 4) is 0 Å². The summed E-state index contributed by atoms with van der Waals surface area (Å²) < 4.78 is 14.6. The van der Waals surface area contributed by atoms with Gasteiger partial charge in [-0.2, -0.15) is 0 Å². The molecule has 3 rings (SSSR count). The summed E-state index contributed by atoms with van der Waals surface area (Å²) in [6.45, 7) is 1.16. The molecule has 0 saturated carbocycles. The van der Waals surface area contributed by atoms with Crippen LogP contribution in [-0.4, -0.2) is 26.5 Å². The van der Waals surface area contributed by atoms with Gasteiger partial charge in [0.05, 0.1) is 17.4 Å². The van der Waals surface area contributed by atoms with Crippen molar-refractivity contribution < 1.29 is 19.1 Å². The van der Waals surface area contributed by atoms with Crippen molar-refractivity contribution in [2.75, 3.05) is 5.32 Å². The number of nitrogens with zero attached hydrogens (tertiary/aromatic N) is 2. The second-order valence-electron chi connectivity index (χ2n) is 5.25. The molecular weight excluding hydrogens is 349 g/mol. The molecule has 0 aliphatic rings. The second-order valence-corrected chi connectivity index (χ2v) is 6.25. The van der Waals surface area contributed by atoms with E-state index in [1.165, 1.54) is 31.5 Å². The summed E-state index contributed by atoms with van der Waals surface area (Å²) in [6, 6.07) is 5.67. The number of benzene rings is 1. The maximum atomic E-state index is 13.6. The first-order chi connectivity index (χ1) is 11.9. The molecule has 0 spiro atoms. The third kappa shape index (κ3) is 3.13. The molecule has 0 bridgehead atoms. The van der Waals surface area contributed by atoms with E-state index in [2.05, 4.69) is 10.3 Å². The lowest BCUT2D eigenvalue weighted by Gasteiger charge is -2.08. The van der Waals surface area contributed by atoms with Crippen LogP contribution in [0.15, 0.2) is 35.4 Å². The van der Waals surface area contributed by atoms with E-state index in [1.54, 1.807) is 6.07 Å². The van der Waals surface area contributed by atoms with Crippen LogP contribution >= 0.6 is 11.3 Å². The molecule has 0 unspecified atom stereocenters. The van der Waals surface area contributed by atoms with Crippen molar-refractivity contribution in [3.05, 3.63) is 57.2 Å². The molecule has 2 N–H and O–H groups in total. The molecule has 1 aromatic carbocycles. The topological polar surface area (TPSA) is 101 Å². The Kier molecular flexibility index (Phi) is 4.32. The van der Waals surface area contributed by atoms with Gasteiger partial charge in [0.2, 0.25) is 5.91 Å². The fraction of sp³-hybridized carbons (Fsp3) is 0.125. The Morgan fingerprint density at radius 1 is 1.36 bits per heavy atom. The Balaban J connectivity index is 1.92. The number of aromatic nitrogens is 2. The van der Waals surface area contributed by atoms with E-state index in [-0.39, 0.29) is 22.5 Å². The lowest BCUT2D eigenvalue weighted by atomic mass is 10.2. The molecule has 2 aromatic heterocycles. The normalized spacial score (nSPS) is 10.8. The van der Waals surface area contributed by atoms with Gasteiger partial charge >= 0.3 is 5.97 Å². The van der Waals surface area contributed by atoms with Gasteiger partial charge in [-0.1, -0.05) is 12.1 Å². The predicted molar refractivity (Wildman–Crippen MR) is 90.6 cm³/mol. The molecule has 25 heavy (non-hydrogen) atoms. The fourth-order valence-corrected chi connectivity index (χ4v) is 3.36. The highest BCUT2D eigenvalue weighted by Gasteiger charge is 2.19. The van der Waals surface area contributed by atoms with Gasteiger partial charge in [0.1, 0.15) is 22.1 Å². The third-order valence-corrected chi connectivity index (χ3v) is 4.76. The van der Waals surface area contributed by atoms with Crippen molar-refractivity contribution in [2.45, 2.75) is 13.5 Å². The maximum absolute atomic E-state index is 13.6. The first-order valence-electron chi connectivity index (χ1n) is 7.14. The van der Waals surface area contributed by atoms with Gasteiger partial charge in [-0.05, 0) is 24.6 Å². The Bertz CT molecular complexity index is 1060. The average Bonchev–Trinajstić information content (AvgIpc) is 2.90. The maximum Gasteiger partial charge on any atom is 0.346 e. The number of nitrogens with one attached hydrogen (secondary N) is 1. The standard InChI is InChI=1S/C16H12FN3O4S/c1-8-12-14(25-13(8)16(23)24)18-7-20(15(12)22)6-11(21)19-10-5-3-2-4-9(10)17/h2-5,7H,6H2,1H3,(H,19,21)(H,23,24). The van der Waals surface area contributed by atoms with Crippen LogP contribution in [0.1, 0.15) is 15.2 Å². The smallest absolute Gasteiger partial charge is 0.346 e. The van der Waals surface area contributed by atoms with Crippen LogP contribution in [0, 0.1) is 12.7 Å². The summed E-state index contributed by atoms with van der Waals surface area (Å²) in [5.74, 6) is -2.32. The summed E-state index contributed by atoms with van der Waals surface area (Å²) in [7, 11) is 0. The summed E-state index contributed by atoms with van der Waals surface area (Å²) in [4.78, 5) is 40.1. The van der Waals surface area contributed by atoms with E-state index < -0.39 is 23.3 Å². The number of hydrogen-bond donors (Lipinski definition) is 2. The molecular formula is C16H12FN3O4S. The van der Waals surface area contributed by atoms with E-state index in [9.17, 15) is 18.8 Å². The molecule has 1 amide bonds. The number of halogens is 1. The van der Waals surface area contributed by atoms with Crippen molar-refractivity contribution in [1.29, 1.82) is 0 Å². The van der Waals surface area contributed by atoms with Gasteiger partial charge < -0.3 is 10.4 Å². The third-order valence-electron chi connectivity index (χ3n) is 3.57. The molecule has 3 aromatic rings. The zero-order chi connectivity index (χ0) is 18.1. The fourth-order valence-electron chi connectivity index (χ4n) is 2.38. The molecule has 128 valence electrons. The predicted octanol–water partition coefficient (Wildman–Crippen LogP) is 2.24. The van der Waals surface area contributed by atoms with E-state index in [1.807, 2.05) is 0 Å². The van der Waals surface area contributed by atoms with Crippen LogP contribution in [0.3, 0.4) is 0 Å². The molecule has 0 saturated heterocycles. The van der Waals surface area contributed by atoms with Crippen LogP contribution in [-0.2, 0) is 11.3 Å². The SMILES string of the molecule is Cc1c(C(=O)O)sc2ncn(CC(=O)Nc3ccccc3F)c(=O)c12. The highest BCUT2D eigenvalue weighted by Crippen LogP contribution is 2.26. The Hall–Kier alpha value is -3.07. The number of carboxylic acids is 1. The number of para-hydroxylation sites is 1. The number of aryl methyl sites for hydroxylation is 1. The van der Waals surface area contributed by atoms with Crippen molar-refractivity contribution >= 4 is 39.1 Å². The number of rotatable bonds is 4. The van der Waals surface area contributed by atoms with Gasteiger partial charge in [0.15, 0.2) is 0 Å². The molecule has 9 heteroatoms. The Labute approximate surface area is 144 Å². The van der Waals surface area contributed by atoms with E-state index in [0.717, 1.165) is 15.9 Å². The van der Waals surface area contributed by atoms with Gasteiger partial charge in [0.25, 0.3) is 5.56 Å². The molecule has 0 fully saturated rings. The number of hydrogen-bond acceptors (Lipinski definition) is 5. The van der Waals surface area contributed by atoms with Crippen LogP contribution in [0.25, 0.3) is 10.2 Å². The summed E-state index contributed by atoms with van der Waals surface area (Å²) in [6.07, 6.45) is 1.17. The lowest BCUT2D eigenvalue weighted by molar-refractivity contribution is -0.116. The number of carbonyl (C=O) groups excluding carboxylic acids is 1. The van der Waals surface area contributed by atoms with Gasteiger partial charge in [-0.25, -0.2) is 14.2 Å². The minimum atomic E-state index is -1.14. The largest absolute Gasteiger partial charge is 0.477 e. The number of fused-ring (bicyclic) bond motifs is 1. The highest BCUT2D eigenvalue weighted by molar-refractivity contribution is 7.20. The number of anilines is 1. The Morgan fingerprint density at radius 2 is 2.08 bits per heavy atom. The number of carbonyl (C=O) groups is 2. The average molecular weight is 361 g/mol. The van der Waals surface area contributed by atoms with Crippen molar-refractivity contribution in [1.82, 2.24) is 9.55 Å². The first kappa shape index (κ1) is 16.8. The first-order valence-corrected chi connectivity index (χ1v) is 7.96. The van der Waals surface area contributed by atoms with Crippen molar-refractivity contribution in [2.24, 2.45) is 0 Å². The quantitative estimate of drug-likeness (QED) is 0.742. The summed E-state index contributed by atoms with van der Waals surface area (Å²) >= 11 is 0.904. The van der Waals surface area contributed by atoms with Crippen LogP contribution in [0.4, 0.5) is 10.1 Å². The van der Waals surface area contributed by atoms with E-state index in [0.29, 0.717) is 10.4 Å². The number of thiophene rings is 1. The summed E-state index contributed by atoms with van der Waals surface area (Å²) in [5.41, 5.74) is -0.196. The Morgan fingerprint density at radius 3 is 2.76 bits per heavy atom. The monoisotopic (exact) mass is 361 g/mol. The molecule has 7 nitrogen and oxygen atoms in total.